The lowest BCUT2D eigenvalue weighted by atomic mass is 9.99. The Hall–Kier alpha value is -2.38. The van der Waals surface area contributed by atoms with Crippen LogP contribution in [0.25, 0.3) is 6.08 Å². The molecule has 0 bridgehead atoms. The largest absolute Gasteiger partial charge is 0.496 e. The molecule has 0 heterocycles. The normalized spacial score (nSPS) is 13.6. The number of benzene rings is 1. The van der Waals surface area contributed by atoms with E-state index in [9.17, 15) is 19.8 Å². The zero-order valence-corrected chi connectivity index (χ0v) is 12.9. The lowest BCUT2D eigenvalue weighted by molar-refractivity contribution is -0.147. The summed E-state index contributed by atoms with van der Waals surface area (Å²) in [6, 6.07) is 4.55. The number of aliphatic hydroxyl groups excluding tert-OH is 2. The van der Waals surface area contributed by atoms with Crippen LogP contribution in [0.15, 0.2) is 24.3 Å². The molecule has 0 saturated heterocycles. The van der Waals surface area contributed by atoms with Gasteiger partial charge in [0.15, 0.2) is 0 Å². The highest BCUT2D eigenvalue weighted by Crippen LogP contribution is 2.27. The summed E-state index contributed by atoms with van der Waals surface area (Å²) in [7, 11) is 1.43. The first-order valence-corrected chi connectivity index (χ1v) is 6.99. The number of hydrogen-bond donors (Lipinski definition) is 3. The van der Waals surface area contributed by atoms with Gasteiger partial charge in [-0.1, -0.05) is 6.07 Å². The van der Waals surface area contributed by atoms with E-state index in [2.05, 4.69) is 0 Å². The van der Waals surface area contributed by atoms with Gasteiger partial charge < -0.3 is 24.8 Å². The summed E-state index contributed by atoms with van der Waals surface area (Å²) in [5.41, 5.74) is 0.752. The van der Waals surface area contributed by atoms with Crippen molar-refractivity contribution in [2.75, 3.05) is 13.7 Å². The minimum atomic E-state index is -1.33. The second-order valence-corrected chi connectivity index (χ2v) is 4.69. The van der Waals surface area contributed by atoms with Gasteiger partial charge in [0, 0.05) is 11.6 Å². The molecule has 0 spiro atoms. The Bertz CT molecular complexity index is 580. The zero-order chi connectivity index (χ0) is 17.4. The van der Waals surface area contributed by atoms with Crippen LogP contribution in [0.4, 0.5) is 0 Å². The van der Waals surface area contributed by atoms with Gasteiger partial charge in [-0.2, -0.15) is 0 Å². The van der Waals surface area contributed by atoms with E-state index in [4.69, 9.17) is 14.6 Å². The van der Waals surface area contributed by atoms with Crippen molar-refractivity contribution in [2.45, 2.75) is 25.6 Å². The topological polar surface area (TPSA) is 113 Å². The number of hydrogen-bond acceptors (Lipinski definition) is 6. The third-order valence-electron chi connectivity index (χ3n) is 3.05. The fraction of sp³-hybridized carbons (Fsp3) is 0.375. The van der Waals surface area contributed by atoms with Gasteiger partial charge in [-0.15, -0.1) is 0 Å². The first-order valence-electron chi connectivity index (χ1n) is 6.99. The molecule has 3 N–H and O–H groups in total. The molecule has 0 aliphatic carbocycles. The molecule has 0 aliphatic heterocycles. The van der Waals surface area contributed by atoms with E-state index in [0.29, 0.717) is 16.9 Å². The molecule has 1 aromatic carbocycles. The molecule has 0 aromatic heterocycles. The van der Waals surface area contributed by atoms with Gasteiger partial charge in [0.1, 0.15) is 11.9 Å². The highest BCUT2D eigenvalue weighted by molar-refractivity contribution is 5.86. The van der Waals surface area contributed by atoms with Crippen LogP contribution in [0.3, 0.4) is 0 Å². The van der Waals surface area contributed by atoms with Gasteiger partial charge in [-0.05, 0) is 30.7 Å². The third-order valence-corrected chi connectivity index (χ3v) is 3.05. The van der Waals surface area contributed by atoms with Crippen LogP contribution in [0.5, 0.6) is 5.75 Å². The van der Waals surface area contributed by atoms with Crippen LogP contribution < -0.4 is 4.74 Å². The summed E-state index contributed by atoms with van der Waals surface area (Å²) in [5.74, 6) is -1.32. The Morgan fingerprint density at radius 2 is 2.00 bits per heavy atom. The van der Waals surface area contributed by atoms with Crippen molar-refractivity contribution in [3.05, 3.63) is 35.4 Å². The highest BCUT2D eigenvalue weighted by atomic mass is 16.5. The van der Waals surface area contributed by atoms with Crippen molar-refractivity contribution >= 4 is 18.0 Å². The van der Waals surface area contributed by atoms with Crippen molar-refractivity contribution in [1.82, 2.24) is 0 Å². The number of methoxy groups -OCH3 is 1. The summed E-state index contributed by atoms with van der Waals surface area (Å²) < 4.78 is 9.82. The summed E-state index contributed by atoms with van der Waals surface area (Å²) in [6.45, 7) is 1.83. The van der Waals surface area contributed by atoms with E-state index in [-0.39, 0.29) is 13.0 Å². The van der Waals surface area contributed by atoms with Gasteiger partial charge >= 0.3 is 11.9 Å². The highest BCUT2D eigenvalue weighted by Gasteiger charge is 2.22. The second kappa shape index (κ2) is 8.92. The van der Waals surface area contributed by atoms with Crippen LogP contribution >= 0.6 is 0 Å². The van der Waals surface area contributed by atoms with Gasteiger partial charge in [0.2, 0.25) is 0 Å². The van der Waals surface area contributed by atoms with Crippen LogP contribution in [0.2, 0.25) is 0 Å². The number of rotatable bonds is 8. The van der Waals surface area contributed by atoms with Crippen LogP contribution in [-0.4, -0.2) is 47.1 Å². The molecule has 2 atom stereocenters. The van der Waals surface area contributed by atoms with E-state index < -0.39 is 24.1 Å². The Morgan fingerprint density at radius 3 is 2.57 bits per heavy atom. The molecule has 1 rings (SSSR count). The summed E-state index contributed by atoms with van der Waals surface area (Å²) in [4.78, 5) is 22.0. The van der Waals surface area contributed by atoms with Crippen molar-refractivity contribution < 1.29 is 34.4 Å². The predicted octanol–water partition coefficient (Wildman–Crippen LogP) is 1.14. The number of aliphatic hydroxyl groups is 2. The number of carboxylic acid groups (broad SMARTS) is 1. The summed E-state index contributed by atoms with van der Waals surface area (Å²) >= 11 is 0. The molecule has 0 amide bonds. The minimum absolute atomic E-state index is 0.189. The van der Waals surface area contributed by atoms with E-state index in [0.717, 1.165) is 6.08 Å². The molecule has 0 fully saturated rings. The molecule has 2 unspecified atom stereocenters. The smallest absolute Gasteiger partial charge is 0.328 e. The fourth-order valence-corrected chi connectivity index (χ4v) is 1.95. The lowest BCUT2D eigenvalue weighted by Crippen LogP contribution is -2.23. The quantitative estimate of drug-likeness (QED) is 0.485. The van der Waals surface area contributed by atoms with Gasteiger partial charge in [-0.25, -0.2) is 4.79 Å². The van der Waals surface area contributed by atoms with Crippen molar-refractivity contribution in [3.8, 4) is 5.75 Å². The second-order valence-electron chi connectivity index (χ2n) is 4.69. The number of aliphatic carboxylic acids is 1. The molecule has 0 saturated carbocycles. The van der Waals surface area contributed by atoms with Crippen LogP contribution in [-0.2, 0) is 14.3 Å². The maximum Gasteiger partial charge on any atom is 0.328 e. The first kappa shape index (κ1) is 18.7. The summed E-state index contributed by atoms with van der Waals surface area (Å²) in [5, 5.41) is 28.7. The predicted molar refractivity (Wildman–Crippen MR) is 81.9 cm³/mol. The average Bonchev–Trinajstić information content (AvgIpc) is 2.51. The van der Waals surface area contributed by atoms with Crippen molar-refractivity contribution in [3.63, 3.8) is 0 Å². The standard InChI is InChI=1S/C16H20O7/c1-3-23-15(20)9-12(17)16(21)11-4-6-13(22-2)10(8-11)5-7-14(18)19/h4-8,12,16-17,21H,3,9H2,1-2H3,(H,18,19)/b7-5+. The number of carbonyl (C=O) groups excluding carboxylic acids is 1. The van der Waals surface area contributed by atoms with E-state index >= 15 is 0 Å². The van der Waals surface area contributed by atoms with E-state index in [1.165, 1.54) is 31.4 Å². The molecule has 7 nitrogen and oxygen atoms in total. The SMILES string of the molecule is CCOC(=O)CC(O)C(O)c1ccc(OC)c(/C=C/C(=O)O)c1. The number of esters is 1. The zero-order valence-electron chi connectivity index (χ0n) is 12.9. The van der Waals surface area contributed by atoms with Gasteiger partial charge in [0.25, 0.3) is 0 Å². The molecule has 126 valence electrons. The van der Waals surface area contributed by atoms with Gasteiger partial charge in [0.05, 0.1) is 26.2 Å². The summed E-state index contributed by atoms with van der Waals surface area (Å²) in [6.07, 6.45) is -0.750. The molecule has 0 radical (unpaired) electrons. The lowest BCUT2D eigenvalue weighted by Gasteiger charge is -2.18. The van der Waals surface area contributed by atoms with Crippen molar-refractivity contribution in [1.29, 1.82) is 0 Å². The third kappa shape index (κ3) is 5.72. The monoisotopic (exact) mass is 324 g/mol. The van der Waals surface area contributed by atoms with Crippen LogP contribution in [0.1, 0.15) is 30.6 Å². The van der Waals surface area contributed by atoms with Gasteiger partial charge in [-0.3, -0.25) is 4.79 Å². The van der Waals surface area contributed by atoms with E-state index in [1.54, 1.807) is 6.92 Å². The molecule has 0 aliphatic rings. The number of ether oxygens (including phenoxy) is 2. The molecular formula is C16H20O7. The number of carbonyl (C=O) groups is 2. The van der Waals surface area contributed by atoms with Crippen LogP contribution in [0, 0.1) is 0 Å². The Labute approximate surface area is 133 Å². The molecule has 7 heteroatoms. The number of carboxylic acids is 1. The Morgan fingerprint density at radius 1 is 1.30 bits per heavy atom. The van der Waals surface area contributed by atoms with Crippen molar-refractivity contribution in [2.24, 2.45) is 0 Å². The molecule has 1 aromatic rings. The maximum atomic E-state index is 11.3. The Kier molecular flexibility index (Phi) is 7.24. The average molecular weight is 324 g/mol. The minimum Gasteiger partial charge on any atom is -0.496 e. The molecular weight excluding hydrogens is 304 g/mol. The first-order chi connectivity index (χ1) is 10.9. The van der Waals surface area contributed by atoms with E-state index in [1.807, 2.05) is 0 Å². The maximum absolute atomic E-state index is 11.3. The fourth-order valence-electron chi connectivity index (χ4n) is 1.95. The molecule has 23 heavy (non-hydrogen) atoms. The Balaban J connectivity index is 2.96.